The lowest BCUT2D eigenvalue weighted by atomic mass is 9.93. The molecule has 0 aromatic heterocycles. The van der Waals surface area contributed by atoms with E-state index < -0.39 is 0 Å². The number of aryl methyl sites for hydroxylation is 2. The summed E-state index contributed by atoms with van der Waals surface area (Å²) in [7, 11) is 0. The van der Waals surface area contributed by atoms with E-state index in [1.54, 1.807) is 0 Å². The molecule has 2 rings (SSSR count). The lowest BCUT2D eigenvalue weighted by Gasteiger charge is -2.43. The molecule has 1 heterocycles. The molecule has 0 spiro atoms. The Hall–Kier alpha value is -0.900. The number of benzene rings is 1. The molecule has 3 heteroatoms. The minimum Gasteiger partial charge on any atom is -0.376 e. The topological polar surface area (TPSA) is 38.5 Å². The van der Waals surface area contributed by atoms with Crippen molar-refractivity contribution in [3.8, 4) is 0 Å². The van der Waals surface area contributed by atoms with E-state index in [2.05, 4.69) is 50.8 Å². The Morgan fingerprint density at radius 2 is 2.00 bits per heavy atom. The summed E-state index contributed by atoms with van der Waals surface area (Å²) >= 11 is 0. The molecular weight excluding hydrogens is 248 g/mol. The second-order valence-electron chi connectivity index (χ2n) is 5.96. The molecule has 1 aromatic rings. The molecule has 0 aliphatic carbocycles. The highest BCUT2D eigenvalue weighted by Crippen LogP contribution is 2.30. The average Bonchev–Trinajstić information content (AvgIpc) is 2.43. The van der Waals surface area contributed by atoms with E-state index in [0.717, 1.165) is 19.6 Å². The van der Waals surface area contributed by atoms with Crippen molar-refractivity contribution in [2.45, 2.75) is 52.3 Å². The molecule has 112 valence electrons. The zero-order valence-electron chi connectivity index (χ0n) is 13.2. The van der Waals surface area contributed by atoms with Crippen molar-refractivity contribution in [2.24, 2.45) is 5.73 Å². The van der Waals surface area contributed by atoms with Crippen LogP contribution < -0.4 is 5.73 Å². The van der Waals surface area contributed by atoms with Crippen LogP contribution >= 0.6 is 0 Å². The fourth-order valence-electron chi connectivity index (χ4n) is 3.38. The number of nitrogens with two attached hydrogens (primary N) is 1. The van der Waals surface area contributed by atoms with Gasteiger partial charge in [-0.05, 0) is 43.9 Å². The fourth-order valence-corrected chi connectivity index (χ4v) is 3.38. The van der Waals surface area contributed by atoms with Gasteiger partial charge in [-0.15, -0.1) is 0 Å². The van der Waals surface area contributed by atoms with Gasteiger partial charge in [0.2, 0.25) is 0 Å². The van der Waals surface area contributed by atoms with Gasteiger partial charge in [-0.3, -0.25) is 4.90 Å². The summed E-state index contributed by atoms with van der Waals surface area (Å²) in [6.45, 7) is 11.2. The van der Waals surface area contributed by atoms with Crippen LogP contribution in [0, 0.1) is 13.8 Å². The largest absolute Gasteiger partial charge is 0.376 e. The molecule has 3 nitrogen and oxygen atoms in total. The van der Waals surface area contributed by atoms with Crippen LogP contribution in [0.3, 0.4) is 0 Å². The number of nitrogens with zero attached hydrogens (tertiary/aromatic N) is 1. The number of ether oxygens (including phenoxy) is 1. The molecule has 3 atom stereocenters. The Bertz CT molecular complexity index is 426. The van der Waals surface area contributed by atoms with Crippen LogP contribution in [0.25, 0.3) is 0 Å². The van der Waals surface area contributed by atoms with Crippen molar-refractivity contribution >= 4 is 0 Å². The van der Waals surface area contributed by atoms with Gasteiger partial charge in [-0.25, -0.2) is 0 Å². The maximum absolute atomic E-state index is 6.15. The molecule has 3 unspecified atom stereocenters. The summed E-state index contributed by atoms with van der Waals surface area (Å²) in [6, 6.07) is 7.28. The van der Waals surface area contributed by atoms with Crippen LogP contribution in [0.15, 0.2) is 18.2 Å². The summed E-state index contributed by atoms with van der Waals surface area (Å²) < 4.78 is 5.82. The SMILES string of the molecule is CCC1COC(C)CN1C(CN)c1c(C)cccc1C. The first-order chi connectivity index (χ1) is 9.58. The Morgan fingerprint density at radius 3 is 2.55 bits per heavy atom. The monoisotopic (exact) mass is 276 g/mol. The van der Waals surface area contributed by atoms with Gasteiger partial charge in [0.1, 0.15) is 0 Å². The molecule has 20 heavy (non-hydrogen) atoms. The molecule has 0 saturated carbocycles. The number of rotatable bonds is 4. The first-order valence-corrected chi connectivity index (χ1v) is 7.72. The second-order valence-corrected chi connectivity index (χ2v) is 5.96. The zero-order valence-corrected chi connectivity index (χ0v) is 13.2. The Kier molecular flexibility index (Phi) is 5.19. The molecular formula is C17H28N2O. The van der Waals surface area contributed by atoms with Crippen LogP contribution in [-0.2, 0) is 4.74 Å². The van der Waals surface area contributed by atoms with E-state index in [1.807, 2.05) is 0 Å². The van der Waals surface area contributed by atoms with Crippen molar-refractivity contribution in [3.05, 3.63) is 34.9 Å². The molecule has 1 aliphatic heterocycles. The fraction of sp³-hybridized carbons (Fsp3) is 0.647. The lowest BCUT2D eigenvalue weighted by Crippen LogP contribution is -2.51. The van der Waals surface area contributed by atoms with E-state index in [9.17, 15) is 0 Å². The molecule has 1 saturated heterocycles. The van der Waals surface area contributed by atoms with E-state index in [4.69, 9.17) is 10.5 Å². The van der Waals surface area contributed by atoms with Gasteiger partial charge in [0.05, 0.1) is 12.7 Å². The third kappa shape index (κ3) is 3.05. The number of morpholine rings is 1. The van der Waals surface area contributed by atoms with Crippen LogP contribution in [0.4, 0.5) is 0 Å². The molecule has 1 fully saturated rings. The van der Waals surface area contributed by atoms with Crippen LogP contribution in [0.2, 0.25) is 0 Å². The van der Waals surface area contributed by atoms with Gasteiger partial charge in [-0.2, -0.15) is 0 Å². The molecule has 0 bridgehead atoms. The highest BCUT2D eigenvalue weighted by Gasteiger charge is 2.32. The van der Waals surface area contributed by atoms with Crippen LogP contribution in [0.5, 0.6) is 0 Å². The predicted molar refractivity (Wildman–Crippen MR) is 83.9 cm³/mol. The van der Waals surface area contributed by atoms with Gasteiger partial charge >= 0.3 is 0 Å². The second kappa shape index (κ2) is 6.70. The molecule has 1 aromatic carbocycles. The Morgan fingerprint density at radius 1 is 1.35 bits per heavy atom. The minimum absolute atomic E-state index is 0.288. The van der Waals surface area contributed by atoms with Crippen LogP contribution in [-0.4, -0.2) is 36.7 Å². The van der Waals surface area contributed by atoms with Gasteiger partial charge in [0.15, 0.2) is 0 Å². The van der Waals surface area contributed by atoms with Crippen molar-refractivity contribution in [1.82, 2.24) is 4.90 Å². The maximum Gasteiger partial charge on any atom is 0.0675 e. The summed E-state index contributed by atoms with van der Waals surface area (Å²) in [5, 5.41) is 0. The highest BCUT2D eigenvalue weighted by molar-refractivity contribution is 5.36. The van der Waals surface area contributed by atoms with Gasteiger partial charge in [0.25, 0.3) is 0 Å². The Labute approximate surface area is 123 Å². The summed E-state index contributed by atoms with van der Waals surface area (Å²) in [6.07, 6.45) is 1.39. The highest BCUT2D eigenvalue weighted by atomic mass is 16.5. The minimum atomic E-state index is 0.288. The zero-order chi connectivity index (χ0) is 14.7. The van der Waals surface area contributed by atoms with Crippen molar-refractivity contribution < 1.29 is 4.74 Å². The first-order valence-electron chi connectivity index (χ1n) is 7.72. The quantitative estimate of drug-likeness (QED) is 0.919. The molecule has 0 radical (unpaired) electrons. The van der Waals surface area contributed by atoms with E-state index >= 15 is 0 Å². The van der Waals surface area contributed by atoms with Crippen LogP contribution in [0.1, 0.15) is 43.0 Å². The van der Waals surface area contributed by atoms with Crippen molar-refractivity contribution in [3.63, 3.8) is 0 Å². The summed E-state index contributed by atoms with van der Waals surface area (Å²) in [5.41, 5.74) is 10.2. The van der Waals surface area contributed by atoms with E-state index in [0.29, 0.717) is 18.6 Å². The summed E-state index contributed by atoms with van der Waals surface area (Å²) in [5.74, 6) is 0. The standard InChI is InChI=1S/C17H28N2O/c1-5-15-11-20-14(4)10-19(15)16(9-18)17-12(2)7-6-8-13(17)3/h6-8,14-16H,5,9-11,18H2,1-4H3. The predicted octanol–water partition coefficient (Wildman–Crippen LogP) is 2.80. The van der Waals surface area contributed by atoms with Crippen molar-refractivity contribution in [2.75, 3.05) is 19.7 Å². The third-order valence-electron chi connectivity index (χ3n) is 4.48. The van der Waals surface area contributed by atoms with Gasteiger partial charge < -0.3 is 10.5 Å². The van der Waals surface area contributed by atoms with Gasteiger partial charge in [-0.1, -0.05) is 25.1 Å². The smallest absolute Gasteiger partial charge is 0.0675 e. The van der Waals surface area contributed by atoms with Crippen molar-refractivity contribution in [1.29, 1.82) is 0 Å². The molecule has 0 amide bonds. The number of hydrogen-bond acceptors (Lipinski definition) is 3. The Balaban J connectivity index is 2.35. The summed E-state index contributed by atoms with van der Waals surface area (Å²) in [4.78, 5) is 2.56. The third-order valence-corrected chi connectivity index (χ3v) is 4.48. The normalized spacial score (nSPS) is 25.6. The first kappa shape index (κ1) is 15.5. The van der Waals surface area contributed by atoms with E-state index in [1.165, 1.54) is 16.7 Å². The average molecular weight is 276 g/mol. The molecule has 1 aliphatic rings. The molecule has 2 N–H and O–H groups in total. The van der Waals surface area contributed by atoms with Gasteiger partial charge in [0, 0.05) is 25.2 Å². The van der Waals surface area contributed by atoms with E-state index in [-0.39, 0.29) is 6.10 Å². The number of hydrogen-bond donors (Lipinski definition) is 1. The maximum atomic E-state index is 6.15. The lowest BCUT2D eigenvalue weighted by molar-refractivity contribution is -0.0720.